The van der Waals surface area contributed by atoms with Crippen LogP contribution in [0.5, 0.6) is 0 Å². The van der Waals surface area contributed by atoms with Gasteiger partial charge in [-0.1, -0.05) is 31.5 Å². The maximum Gasteiger partial charge on any atom is 0.254 e. The lowest BCUT2D eigenvalue weighted by Gasteiger charge is -2.31. The van der Waals surface area contributed by atoms with E-state index in [1.54, 1.807) is 0 Å². The van der Waals surface area contributed by atoms with E-state index >= 15 is 0 Å². The zero-order valence-corrected chi connectivity index (χ0v) is 12.7. The molecule has 3 nitrogen and oxygen atoms in total. The van der Waals surface area contributed by atoms with Crippen LogP contribution >= 0.6 is 0 Å². The molecule has 0 saturated carbocycles. The first-order chi connectivity index (χ1) is 9.72. The van der Waals surface area contributed by atoms with Crippen LogP contribution in [0.2, 0.25) is 0 Å². The van der Waals surface area contributed by atoms with Crippen molar-refractivity contribution in [1.29, 1.82) is 0 Å². The van der Waals surface area contributed by atoms with Crippen molar-refractivity contribution in [2.75, 3.05) is 19.6 Å². The Bertz CT molecular complexity index is 438. The monoisotopic (exact) mass is 274 g/mol. The van der Waals surface area contributed by atoms with Crippen LogP contribution in [0.15, 0.2) is 24.3 Å². The first kappa shape index (κ1) is 15.0. The van der Waals surface area contributed by atoms with Crippen molar-refractivity contribution in [3.05, 3.63) is 35.4 Å². The highest BCUT2D eigenvalue weighted by atomic mass is 16.2. The molecule has 1 fully saturated rings. The molecule has 1 unspecified atom stereocenters. The summed E-state index contributed by atoms with van der Waals surface area (Å²) in [6.07, 6.45) is 4.72. The first-order valence-electron chi connectivity index (χ1n) is 7.80. The lowest BCUT2D eigenvalue weighted by atomic mass is 10.0. The van der Waals surface area contributed by atoms with Gasteiger partial charge in [-0.2, -0.15) is 0 Å². The molecule has 0 spiro atoms. The third-order valence-electron chi connectivity index (χ3n) is 4.01. The molecule has 0 bridgehead atoms. The number of piperidine rings is 1. The van der Waals surface area contributed by atoms with E-state index in [4.69, 9.17) is 0 Å². The number of amides is 1. The van der Waals surface area contributed by atoms with Gasteiger partial charge in [-0.25, -0.2) is 0 Å². The van der Waals surface area contributed by atoms with E-state index in [2.05, 4.69) is 12.2 Å². The van der Waals surface area contributed by atoms with Gasteiger partial charge in [0.2, 0.25) is 0 Å². The van der Waals surface area contributed by atoms with Crippen molar-refractivity contribution in [3.8, 4) is 0 Å². The fourth-order valence-electron chi connectivity index (χ4n) is 2.87. The van der Waals surface area contributed by atoms with E-state index in [1.807, 2.05) is 36.1 Å². The number of nitrogens with one attached hydrogen (secondary N) is 1. The summed E-state index contributed by atoms with van der Waals surface area (Å²) in [4.78, 5) is 14.7. The number of nitrogens with zero attached hydrogens (tertiary/aromatic N) is 1. The van der Waals surface area contributed by atoms with E-state index in [9.17, 15) is 4.79 Å². The lowest BCUT2D eigenvalue weighted by molar-refractivity contribution is 0.0731. The van der Waals surface area contributed by atoms with Gasteiger partial charge in [0.15, 0.2) is 0 Å². The zero-order chi connectivity index (χ0) is 14.4. The predicted octanol–water partition coefficient (Wildman–Crippen LogP) is 2.99. The van der Waals surface area contributed by atoms with E-state index < -0.39 is 0 Å². The van der Waals surface area contributed by atoms with Crippen molar-refractivity contribution < 1.29 is 4.79 Å². The van der Waals surface area contributed by atoms with E-state index in [-0.39, 0.29) is 5.91 Å². The topological polar surface area (TPSA) is 32.3 Å². The maximum absolute atomic E-state index is 12.7. The first-order valence-corrected chi connectivity index (χ1v) is 7.80. The summed E-state index contributed by atoms with van der Waals surface area (Å²) < 4.78 is 0. The normalized spacial score (nSPS) is 18.8. The molecule has 1 aliphatic rings. The molecular weight excluding hydrogens is 248 g/mol. The molecule has 1 aliphatic heterocycles. The molecule has 1 heterocycles. The van der Waals surface area contributed by atoms with Gasteiger partial charge in [-0.05, 0) is 44.4 Å². The largest absolute Gasteiger partial charge is 0.337 e. The molecule has 0 aliphatic carbocycles. The SMILES string of the molecule is CCCN(CC1CCCCN1)C(=O)c1ccccc1C. The molecule has 20 heavy (non-hydrogen) atoms. The minimum atomic E-state index is 0.178. The minimum Gasteiger partial charge on any atom is -0.337 e. The van der Waals surface area contributed by atoms with Crippen molar-refractivity contribution in [2.45, 2.75) is 45.6 Å². The Kier molecular flexibility index (Phi) is 5.60. The summed E-state index contributed by atoms with van der Waals surface area (Å²) >= 11 is 0. The van der Waals surface area contributed by atoms with Gasteiger partial charge >= 0.3 is 0 Å². The summed E-state index contributed by atoms with van der Waals surface area (Å²) in [7, 11) is 0. The van der Waals surface area contributed by atoms with Crippen LogP contribution in [0, 0.1) is 6.92 Å². The molecule has 1 aromatic carbocycles. The van der Waals surface area contributed by atoms with Crippen molar-refractivity contribution in [3.63, 3.8) is 0 Å². The average Bonchev–Trinajstić information content (AvgIpc) is 2.48. The van der Waals surface area contributed by atoms with Crippen molar-refractivity contribution in [1.82, 2.24) is 10.2 Å². The Labute approximate surface area is 122 Å². The predicted molar refractivity (Wildman–Crippen MR) is 83.0 cm³/mol. The minimum absolute atomic E-state index is 0.178. The van der Waals surface area contributed by atoms with Crippen molar-refractivity contribution in [2.24, 2.45) is 0 Å². The quantitative estimate of drug-likeness (QED) is 0.895. The maximum atomic E-state index is 12.7. The highest BCUT2D eigenvalue weighted by molar-refractivity contribution is 5.95. The second-order valence-corrected chi connectivity index (χ2v) is 5.71. The van der Waals surface area contributed by atoms with Gasteiger partial charge in [0, 0.05) is 24.7 Å². The van der Waals surface area contributed by atoms with Gasteiger partial charge in [0.1, 0.15) is 0 Å². The van der Waals surface area contributed by atoms with Crippen LogP contribution in [0.25, 0.3) is 0 Å². The fourth-order valence-corrected chi connectivity index (χ4v) is 2.87. The van der Waals surface area contributed by atoms with E-state index in [1.165, 1.54) is 19.3 Å². The van der Waals surface area contributed by atoms with E-state index in [0.717, 1.165) is 37.2 Å². The Morgan fingerprint density at radius 2 is 2.15 bits per heavy atom. The average molecular weight is 274 g/mol. The second-order valence-electron chi connectivity index (χ2n) is 5.71. The molecule has 0 radical (unpaired) electrons. The smallest absolute Gasteiger partial charge is 0.254 e. The Morgan fingerprint density at radius 3 is 2.80 bits per heavy atom. The highest BCUT2D eigenvalue weighted by Gasteiger charge is 2.21. The van der Waals surface area contributed by atoms with Gasteiger partial charge in [-0.3, -0.25) is 4.79 Å². The molecule has 110 valence electrons. The molecule has 1 N–H and O–H groups in total. The third kappa shape index (κ3) is 3.83. The molecule has 3 heteroatoms. The number of hydrogen-bond donors (Lipinski definition) is 1. The summed E-state index contributed by atoms with van der Waals surface area (Å²) in [5.41, 5.74) is 1.91. The molecular formula is C17H26N2O. The fraction of sp³-hybridized carbons (Fsp3) is 0.588. The number of carbonyl (C=O) groups excluding carboxylic acids is 1. The molecule has 1 atom stereocenters. The van der Waals surface area contributed by atoms with Crippen LogP contribution in [0.1, 0.15) is 48.5 Å². The number of rotatable bonds is 5. The summed E-state index contributed by atoms with van der Waals surface area (Å²) in [6, 6.07) is 8.34. The van der Waals surface area contributed by atoms with Gasteiger partial charge in [0.05, 0.1) is 0 Å². The van der Waals surface area contributed by atoms with Crippen molar-refractivity contribution >= 4 is 5.91 Å². The number of carbonyl (C=O) groups is 1. The van der Waals surface area contributed by atoms with E-state index in [0.29, 0.717) is 6.04 Å². The molecule has 1 amide bonds. The van der Waals surface area contributed by atoms with Crippen LogP contribution in [-0.4, -0.2) is 36.5 Å². The number of aryl methyl sites for hydroxylation is 1. The Hall–Kier alpha value is -1.35. The number of benzene rings is 1. The number of hydrogen-bond acceptors (Lipinski definition) is 2. The zero-order valence-electron chi connectivity index (χ0n) is 12.7. The van der Waals surface area contributed by atoms with Crippen LogP contribution in [0.3, 0.4) is 0 Å². The van der Waals surface area contributed by atoms with Crippen LogP contribution < -0.4 is 5.32 Å². The van der Waals surface area contributed by atoms with Gasteiger partial charge in [-0.15, -0.1) is 0 Å². The Morgan fingerprint density at radius 1 is 1.35 bits per heavy atom. The molecule has 1 aromatic rings. The highest BCUT2D eigenvalue weighted by Crippen LogP contribution is 2.14. The summed E-state index contributed by atoms with van der Waals surface area (Å²) in [5, 5.41) is 3.54. The lowest BCUT2D eigenvalue weighted by Crippen LogP contribution is -2.46. The standard InChI is InChI=1S/C17H26N2O/c1-3-12-19(13-15-9-6-7-11-18-15)17(20)16-10-5-4-8-14(16)2/h4-5,8,10,15,18H,3,6-7,9,11-13H2,1-2H3. The van der Waals surface area contributed by atoms with Gasteiger partial charge < -0.3 is 10.2 Å². The summed E-state index contributed by atoms with van der Waals surface area (Å²) in [5.74, 6) is 0.178. The third-order valence-corrected chi connectivity index (χ3v) is 4.01. The Balaban J connectivity index is 2.07. The van der Waals surface area contributed by atoms with Crippen LogP contribution in [-0.2, 0) is 0 Å². The molecule has 1 saturated heterocycles. The van der Waals surface area contributed by atoms with Gasteiger partial charge in [0.25, 0.3) is 5.91 Å². The second kappa shape index (κ2) is 7.44. The molecule has 2 rings (SSSR count). The van der Waals surface area contributed by atoms with Crippen LogP contribution in [0.4, 0.5) is 0 Å². The summed E-state index contributed by atoms with van der Waals surface area (Å²) in [6.45, 7) is 6.90. The molecule has 0 aromatic heterocycles.